The highest BCUT2D eigenvalue weighted by atomic mass is 32.2. The van der Waals surface area contributed by atoms with E-state index in [0.717, 1.165) is 18.2 Å². The van der Waals surface area contributed by atoms with Gasteiger partial charge in [-0.25, -0.2) is 12.8 Å². The zero-order valence-electron chi connectivity index (χ0n) is 15.9. The lowest BCUT2D eigenvalue weighted by atomic mass is 10.1. The van der Waals surface area contributed by atoms with Gasteiger partial charge in [0.1, 0.15) is 11.6 Å². The number of fused-ring (bicyclic) bond motifs is 1. The number of hydrogen-bond acceptors (Lipinski definition) is 5. The van der Waals surface area contributed by atoms with Gasteiger partial charge in [-0.1, -0.05) is 0 Å². The highest BCUT2D eigenvalue weighted by molar-refractivity contribution is 7.92. The molecule has 2 heterocycles. The average Bonchev–Trinajstić information content (AvgIpc) is 3.26. The van der Waals surface area contributed by atoms with Crippen LogP contribution >= 0.6 is 0 Å². The maximum Gasteiger partial charge on any atom is 0.261 e. The summed E-state index contributed by atoms with van der Waals surface area (Å²) >= 11 is 0. The predicted molar refractivity (Wildman–Crippen MR) is 112 cm³/mol. The Kier molecular flexibility index (Phi) is 5.30. The van der Waals surface area contributed by atoms with Gasteiger partial charge >= 0.3 is 0 Å². The molecule has 0 bridgehead atoms. The molecule has 0 saturated carbocycles. The molecule has 0 fully saturated rings. The van der Waals surface area contributed by atoms with Crippen molar-refractivity contribution < 1.29 is 22.0 Å². The fourth-order valence-corrected chi connectivity index (χ4v) is 4.08. The number of pyridine rings is 1. The van der Waals surface area contributed by atoms with Crippen LogP contribution in [0.4, 0.5) is 10.1 Å². The first-order chi connectivity index (χ1) is 14.8. The topological polar surface area (TPSA) is 121 Å². The van der Waals surface area contributed by atoms with Crippen molar-refractivity contribution in [3.8, 4) is 0 Å². The second kappa shape index (κ2) is 8.07. The SMILES string of the molecule is O=C(NCc1ccco1)c1cc(=O)[nH]c2ccc(S(=O)(=O)Nc3ccc(F)cc3)cc12. The number of H-pyrrole nitrogens is 1. The molecule has 158 valence electrons. The molecule has 10 heteroatoms. The van der Waals surface area contributed by atoms with E-state index in [-0.39, 0.29) is 28.1 Å². The van der Waals surface area contributed by atoms with E-state index >= 15 is 0 Å². The number of furan rings is 1. The van der Waals surface area contributed by atoms with E-state index in [1.165, 1.54) is 36.6 Å². The van der Waals surface area contributed by atoms with Crippen LogP contribution in [0, 0.1) is 5.82 Å². The number of nitrogens with one attached hydrogen (secondary N) is 3. The van der Waals surface area contributed by atoms with Crippen molar-refractivity contribution in [1.29, 1.82) is 0 Å². The fourth-order valence-electron chi connectivity index (χ4n) is 3.00. The molecule has 0 unspecified atom stereocenters. The maximum absolute atomic E-state index is 13.1. The van der Waals surface area contributed by atoms with Gasteiger partial charge in [-0.2, -0.15) is 0 Å². The van der Waals surface area contributed by atoms with Crippen LogP contribution in [0.5, 0.6) is 0 Å². The number of aromatic amines is 1. The molecule has 0 aliphatic carbocycles. The molecular formula is C21H16FN3O5S. The van der Waals surface area contributed by atoms with Crippen LogP contribution in [0.2, 0.25) is 0 Å². The first-order valence-electron chi connectivity index (χ1n) is 9.08. The van der Waals surface area contributed by atoms with E-state index in [4.69, 9.17) is 4.42 Å². The van der Waals surface area contributed by atoms with Crippen LogP contribution in [-0.2, 0) is 16.6 Å². The zero-order valence-corrected chi connectivity index (χ0v) is 16.7. The first-order valence-corrected chi connectivity index (χ1v) is 10.6. The molecule has 4 aromatic rings. The molecule has 0 aliphatic heterocycles. The van der Waals surface area contributed by atoms with Crippen molar-refractivity contribution in [3.05, 3.63) is 94.4 Å². The Bertz CT molecular complexity index is 1410. The lowest BCUT2D eigenvalue weighted by Gasteiger charge is -2.11. The quantitative estimate of drug-likeness (QED) is 0.425. The Balaban J connectivity index is 1.69. The monoisotopic (exact) mass is 441 g/mol. The third-order valence-corrected chi connectivity index (χ3v) is 5.85. The smallest absolute Gasteiger partial charge is 0.261 e. The highest BCUT2D eigenvalue weighted by Gasteiger charge is 2.18. The van der Waals surface area contributed by atoms with E-state index in [2.05, 4.69) is 15.0 Å². The molecule has 2 aromatic carbocycles. The van der Waals surface area contributed by atoms with Gasteiger partial charge in [-0.15, -0.1) is 0 Å². The summed E-state index contributed by atoms with van der Waals surface area (Å²) in [6.45, 7) is 0.101. The molecule has 31 heavy (non-hydrogen) atoms. The molecule has 8 nitrogen and oxygen atoms in total. The van der Waals surface area contributed by atoms with Crippen molar-refractivity contribution in [2.75, 3.05) is 4.72 Å². The predicted octanol–water partition coefficient (Wildman–Crippen LogP) is 2.99. The number of rotatable bonds is 6. The van der Waals surface area contributed by atoms with E-state index < -0.39 is 27.3 Å². The Morgan fingerprint density at radius 3 is 2.55 bits per heavy atom. The van der Waals surface area contributed by atoms with Gasteiger partial charge in [0, 0.05) is 22.7 Å². The normalized spacial score (nSPS) is 11.4. The van der Waals surface area contributed by atoms with Crippen LogP contribution in [0.25, 0.3) is 10.9 Å². The molecule has 0 saturated heterocycles. The molecule has 2 aromatic heterocycles. The molecule has 0 radical (unpaired) electrons. The summed E-state index contributed by atoms with van der Waals surface area (Å²) in [5.74, 6) is -0.536. The van der Waals surface area contributed by atoms with Gasteiger partial charge in [0.25, 0.3) is 15.9 Å². The average molecular weight is 441 g/mol. The number of sulfonamides is 1. The zero-order chi connectivity index (χ0) is 22.0. The molecule has 3 N–H and O–H groups in total. The number of benzene rings is 2. The summed E-state index contributed by atoms with van der Waals surface area (Å²) in [6.07, 6.45) is 1.47. The van der Waals surface area contributed by atoms with Gasteiger partial charge in [-0.3, -0.25) is 14.3 Å². The van der Waals surface area contributed by atoms with E-state index in [9.17, 15) is 22.4 Å². The van der Waals surface area contributed by atoms with Crippen molar-refractivity contribution in [3.63, 3.8) is 0 Å². The van der Waals surface area contributed by atoms with Gasteiger partial charge in [0.2, 0.25) is 5.56 Å². The first kappa shape index (κ1) is 20.4. The molecule has 0 aliphatic rings. The van der Waals surface area contributed by atoms with Crippen LogP contribution in [0.3, 0.4) is 0 Å². The minimum absolute atomic E-state index is 0.0177. The third-order valence-electron chi connectivity index (χ3n) is 4.47. The Morgan fingerprint density at radius 1 is 1.06 bits per heavy atom. The molecule has 4 rings (SSSR count). The number of halogens is 1. The Hall–Kier alpha value is -3.92. The minimum atomic E-state index is -4.03. The van der Waals surface area contributed by atoms with Gasteiger partial charge in [0.15, 0.2) is 0 Å². The summed E-state index contributed by atoms with van der Waals surface area (Å²) in [5, 5.41) is 2.89. The van der Waals surface area contributed by atoms with E-state index in [0.29, 0.717) is 11.3 Å². The maximum atomic E-state index is 13.1. The second-order valence-corrected chi connectivity index (χ2v) is 8.31. The summed E-state index contributed by atoms with van der Waals surface area (Å²) in [4.78, 5) is 27.1. The van der Waals surface area contributed by atoms with Gasteiger partial charge < -0.3 is 14.7 Å². The van der Waals surface area contributed by atoms with Gasteiger partial charge in [0.05, 0.1) is 23.3 Å². The molecule has 1 amide bonds. The summed E-state index contributed by atoms with van der Waals surface area (Å²) in [6, 6.07) is 13.3. The number of carbonyl (C=O) groups excluding carboxylic acids is 1. The number of anilines is 1. The third kappa shape index (κ3) is 4.48. The standard InChI is InChI=1S/C21H16FN3O5S/c22-13-3-5-14(6-4-13)25-31(28,29)16-7-8-19-17(10-16)18(11-20(26)24-19)21(27)23-12-15-2-1-9-30-15/h1-11,25H,12H2,(H,23,27)(H,24,26). The lowest BCUT2D eigenvalue weighted by Crippen LogP contribution is -2.24. The number of aromatic nitrogens is 1. The number of hydrogen-bond donors (Lipinski definition) is 3. The summed E-state index contributed by atoms with van der Waals surface area (Å²) in [7, 11) is -4.03. The van der Waals surface area contributed by atoms with Crippen LogP contribution in [-0.4, -0.2) is 19.3 Å². The number of carbonyl (C=O) groups is 1. The van der Waals surface area contributed by atoms with Crippen LogP contribution in [0.15, 0.2) is 81.0 Å². The minimum Gasteiger partial charge on any atom is -0.467 e. The summed E-state index contributed by atoms with van der Waals surface area (Å²) < 4.78 is 46.1. The molecular weight excluding hydrogens is 425 g/mol. The highest BCUT2D eigenvalue weighted by Crippen LogP contribution is 2.22. The second-order valence-electron chi connectivity index (χ2n) is 6.63. The largest absolute Gasteiger partial charge is 0.467 e. The van der Waals surface area contributed by atoms with Crippen molar-refractivity contribution in [2.45, 2.75) is 11.4 Å². The van der Waals surface area contributed by atoms with E-state index in [1.54, 1.807) is 12.1 Å². The van der Waals surface area contributed by atoms with Crippen molar-refractivity contribution in [2.24, 2.45) is 0 Å². The molecule has 0 atom stereocenters. The fraction of sp³-hybridized carbons (Fsp3) is 0.0476. The van der Waals surface area contributed by atoms with E-state index in [1.807, 2.05) is 0 Å². The Morgan fingerprint density at radius 2 is 1.84 bits per heavy atom. The van der Waals surface area contributed by atoms with Crippen LogP contribution in [0.1, 0.15) is 16.1 Å². The summed E-state index contributed by atoms with van der Waals surface area (Å²) in [5.41, 5.74) is -0.00408. The van der Waals surface area contributed by atoms with Crippen molar-refractivity contribution in [1.82, 2.24) is 10.3 Å². The van der Waals surface area contributed by atoms with Gasteiger partial charge in [-0.05, 0) is 54.6 Å². The number of amides is 1. The Labute approximate surface area is 175 Å². The van der Waals surface area contributed by atoms with Crippen LogP contribution < -0.4 is 15.6 Å². The lowest BCUT2D eigenvalue weighted by molar-refractivity contribution is 0.0949. The molecule has 0 spiro atoms. The van der Waals surface area contributed by atoms with Crippen molar-refractivity contribution >= 4 is 32.5 Å².